The van der Waals surface area contributed by atoms with Gasteiger partial charge in [-0.2, -0.15) is 8.42 Å². The SMILES string of the molecule is CC1=C(Cl)C(=O)C(C)=C(Cl)C1=NC(=NS(=O)(=O)c1ccc(C)cc1)c1ccccc1. The smallest absolute Gasteiger partial charge is 0.284 e. The standard InChI is InChI=1S/C22H18Cl2N2O3S/c1-13-9-11-17(12-10-13)30(28,29)26-22(16-7-5-4-6-8-16)25-20-14(2)19(24)21(27)15(3)18(20)23/h4-12H,1-3H3. The molecule has 0 N–H and O–H groups in total. The van der Waals surface area contributed by atoms with Crippen molar-refractivity contribution in [1.82, 2.24) is 0 Å². The number of hydrogen-bond acceptors (Lipinski definition) is 3. The molecule has 8 heteroatoms. The first-order valence-electron chi connectivity index (χ1n) is 8.95. The highest BCUT2D eigenvalue weighted by Crippen LogP contribution is 2.30. The van der Waals surface area contributed by atoms with E-state index >= 15 is 0 Å². The number of ketones is 1. The second-order valence-corrected chi connectivity index (χ2v) is 9.10. The van der Waals surface area contributed by atoms with Crippen LogP contribution >= 0.6 is 23.2 Å². The van der Waals surface area contributed by atoms with E-state index in [4.69, 9.17) is 23.2 Å². The number of nitrogens with zero attached hydrogens (tertiary/aromatic N) is 2. The van der Waals surface area contributed by atoms with Crippen LogP contribution in [0, 0.1) is 6.92 Å². The first-order valence-corrected chi connectivity index (χ1v) is 11.2. The van der Waals surface area contributed by atoms with E-state index in [2.05, 4.69) is 9.39 Å². The fraction of sp³-hybridized carbons (Fsp3) is 0.136. The molecule has 3 rings (SSSR count). The predicted molar refractivity (Wildman–Crippen MR) is 121 cm³/mol. The maximum absolute atomic E-state index is 12.9. The van der Waals surface area contributed by atoms with Crippen LogP contribution in [-0.2, 0) is 14.8 Å². The van der Waals surface area contributed by atoms with Gasteiger partial charge in [0.1, 0.15) is 0 Å². The van der Waals surface area contributed by atoms with Crippen molar-refractivity contribution in [3.05, 3.63) is 86.9 Å². The van der Waals surface area contributed by atoms with Crippen molar-refractivity contribution in [2.45, 2.75) is 25.7 Å². The second kappa shape index (κ2) is 8.68. The molecular formula is C22H18Cl2N2O3S. The number of aliphatic imine (C=N–C) groups is 1. The normalized spacial score (nSPS) is 17.2. The zero-order chi connectivity index (χ0) is 22.1. The highest BCUT2D eigenvalue weighted by Gasteiger charge is 2.27. The Kier molecular flexibility index (Phi) is 6.41. The number of aryl methyl sites for hydroxylation is 1. The summed E-state index contributed by atoms with van der Waals surface area (Å²) in [6, 6.07) is 15.0. The monoisotopic (exact) mass is 460 g/mol. The lowest BCUT2D eigenvalue weighted by Crippen LogP contribution is -2.19. The molecule has 30 heavy (non-hydrogen) atoms. The number of benzene rings is 2. The van der Waals surface area contributed by atoms with Crippen LogP contribution in [-0.4, -0.2) is 25.7 Å². The third-order valence-corrected chi connectivity index (χ3v) is 6.74. The van der Waals surface area contributed by atoms with Crippen molar-refractivity contribution < 1.29 is 13.2 Å². The Bertz CT molecular complexity index is 1210. The van der Waals surface area contributed by atoms with E-state index in [1.54, 1.807) is 49.4 Å². The van der Waals surface area contributed by atoms with Gasteiger partial charge < -0.3 is 0 Å². The molecule has 0 unspecified atom stereocenters. The van der Waals surface area contributed by atoms with Gasteiger partial charge in [0.2, 0.25) is 5.78 Å². The lowest BCUT2D eigenvalue weighted by atomic mass is 9.97. The summed E-state index contributed by atoms with van der Waals surface area (Å²) in [5.74, 6) is -0.445. The van der Waals surface area contributed by atoms with Gasteiger partial charge in [-0.3, -0.25) is 4.79 Å². The summed E-state index contributed by atoms with van der Waals surface area (Å²) in [6.07, 6.45) is 0. The van der Waals surface area contributed by atoms with Crippen LogP contribution in [0.1, 0.15) is 25.0 Å². The number of allylic oxidation sites excluding steroid dienone is 4. The Morgan fingerprint density at radius 1 is 0.833 bits per heavy atom. The maximum atomic E-state index is 12.9. The summed E-state index contributed by atoms with van der Waals surface area (Å²) in [6.45, 7) is 5.00. The number of Topliss-reactive ketones (excluding diaryl/α,β-unsaturated/α-hetero) is 1. The number of sulfonamides is 1. The number of rotatable bonds is 3. The van der Waals surface area contributed by atoms with Crippen LogP contribution in [0.4, 0.5) is 0 Å². The molecule has 2 aromatic carbocycles. The fourth-order valence-corrected chi connectivity index (χ4v) is 4.18. The van der Waals surface area contributed by atoms with Crippen LogP contribution in [0.3, 0.4) is 0 Å². The fourth-order valence-electron chi connectivity index (χ4n) is 2.72. The minimum Gasteiger partial charge on any atom is -0.288 e. The van der Waals surface area contributed by atoms with Crippen LogP contribution in [0.5, 0.6) is 0 Å². The van der Waals surface area contributed by atoms with Crippen LogP contribution in [0.25, 0.3) is 0 Å². The Labute approximate surface area is 185 Å². The summed E-state index contributed by atoms with van der Waals surface area (Å²) in [7, 11) is -4.04. The van der Waals surface area contributed by atoms with Gasteiger partial charge >= 0.3 is 0 Å². The largest absolute Gasteiger partial charge is 0.288 e. The summed E-state index contributed by atoms with van der Waals surface area (Å²) >= 11 is 12.5. The number of halogens is 2. The number of carbonyl (C=O) groups is 1. The molecule has 0 saturated heterocycles. The first-order chi connectivity index (χ1) is 14.1. The van der Waals surface area contributed by atoms with E-state index in [0.717, 1.165) is 5.56 Å². The molecule has 1 aliphatic carbocycles. The molecule has 0 fully saturated rings. The van der Waals surface area contributed by atoms with Crippen molar-refractivity contribution in [2.24, 2.45) is 9.39 Å². The van der Waals surface area contributed by atoms with Gasteiger partial charge in [-0.1, -0.05) is 71.2 Å². The van der Waals surface area contributed by atoms with E-state index in [9.17, 15) is 13.2 Å². The minimum atomic E-state index is -4.04. The Balaban J connectivity index is 2.23. The Morgan fingerprint density at radius 3 is 2.03 bits per heavy atom. The van der Waals surface area contributed by atoms with E-state index < -0.39 is 10.0 Å². The van der Waals surface area contributed by atoms with Gasteiger partial charge in [0.25, 0.3) is 10.0 Å². The molecule has 0 bridgehead atoms. The van der Waals surface area contributed by atoms with Gasteiger partial charge in [-0.15, -0.1) is 4.40 Å². The molecule has 5 nitrogen and oxygen atoms in total. The van der Waals surface area contributed by atoms with Crippen molar-refractivity contribution in [2.75, 3.05) is 0 Å². The molecule has 2 aromatic rings. The average molecular weight is 461 g/mol. The van der Waals surface area contributed by atoms with Crippen LogP contribution in [0.2, 0.25) is 0 Å². The average Bonchev–Trinajstić information content (AvgIpc) is 2.74. The van der Waals surface area contributed by atoms with Crippen molar-refractivity contribution in [1.29, 1.82) is 0 Å². The summed E-state index contributed by atoms with van der Waals surface area (Å²) in [4.78, 5) is 16.7. The highest BCUT2D eigenvalue weighted by atomic mass is 35.5. The predicted octanol–water partition coefficient (Wildman–Crippen LogP) is 5.18. The molecule has 1 aliphatic rings. The van der Waals surface area contributed by atoms with Crippen molar-refractivity contribution in [3.8, 4) is 0 Å². The third-order valence-electron chi connectivity index (χ3n) is 4.54. The maximum Gasteiger partial charge on any atom is 0.284 e. The molecule has 0 amide bonds. The van der Waals surface area contributed by atoms with Gasteiger partial charge in [-0.25, -0.2) is 4.99 Å². The molecule has 0 spiro atoms. The summed E-state index contributed by atoms with van der Waals surface area (Å²) in [5, 5.41) is 0.0997. The Hall–Kier alpha value is -2.54. The zero-order valence-electron chi connectivity index (χ0n) is 16.5. The van der Waals surface area contributed by atoms with E-state index in [0.29, 0.717) is 11.1 Å². The van der Waals surface area contributed by atoms with Crippen molar-refractivity contribution in [3.63, 3.8) is 0 Å². The van der Waals surface area contributed by atoms with Crippen molar-refractivity contribution >= 4 is 50.6 Å². The zero-order valence-corrected chi connectivity index (χ0v) is 18.8. The van der Waals surface area contributed by atoms with Gasteiger partial charge in [-0.05, 0) is 38.5 Å². The topological polar surface area (TPSA) is 75.9 Å². The van der Waals surface area contributed by atoms with Gasteiger partial charge in [0.15, 0.2) is 5.84 Å². The van der Waals surface area contributed by atoms with Gasteiger partial charge in [0.05, 0.1) is 20.7 Å². The van der Waals surface area contributed by atoms with Gasteiger partial charge in [0, 0.05) is 11.1 Å². The number of hydrogen-bond donors (Lipinski definition) is 0. The number of amidine groups is 1. The molecule has 0 atom stereocenters. The summed E-state index contributed by atoms with van der Waals surface area (Å²) in [5.41, 5.74) is 2.20. The lowest BCUT2D eigenvalue weighted by Gasteiger charge is -2.17. The van der Waals surface area contributed by atoms with Crippen LogP contribution < -0.4 is 0 Å². The molecule has 0 heterocycles. The quantitative estimate of drug-likeness (QED) is 0.359. The van der Waals surface area contributed by atoms with Crippen LogP contribution in [0.15, 0.2) is 90.1 Å². The molecule has 0 saturated carbocycles. The molecule has 154 valence electrons. The summed E-state index contributed by atoms with van der Waals surface area (Å²) < 4.78 is 29.8. The lowest BCUT2D eigenvalue weighted by molar-refractivity contribution is -0.111. The second-order valence-electron chi connectivity index (χ2n) is 6.74. The first kappa shape index (κ1) is 22.2. The van der Waals surface area contributed by atoms with E-state index in [-0.39, 0.29) is 37.9 Å². The highest BCUT2D eigenvalue weighted by molar-refractivity contribution is 7.90. The molecule has 0 aromatic heterocycles. The number of carbonyl (C=O) groups excluding carboxylic acids is 1. The molecular weight excluding hydrogens is 443 g/mol. The molecule has 0 radical (unpaired) electrons. The third kappa shape index (κ3) is 4.46. The minimum absolute atomic E-state index is 0.00977. The molecule has 0 aliphatic heterocycles. The Morgan fingerprint density at radius 2 is 1.43 bits per heavy atom. The van der Waals surface area contributed by atoms with E-state index in [1.165, 1.54) is 19.1 Å². The van der Waals surface area contributed by atoms with E-state index in [1.807, 2.05) is 6.92 Å².